The lowest BCUT2D eigenvalue weighted by molar-refractivity contribution is -0.121. The second-order valence-electron chi connectivity index (χ2n) is 7.64. The van der Waals surface area contributed by atoms with E-state index in [0.29, 0.717) is 18.8 Å². The first-order chi connectivity index (χ1) is 12.3. The third-order valence-corrected chi connectivity index (χ3v) is 4.33. The van der Waals surface area contributed by atoms with E-state index in [-0.39, 0.29) is 17.9 Å². The summed E-state index contributed by atoms with van der Waals surface area (Å²) in [7, 11) is 0. The summed E-state index contributed by atoms with van der Waals surface area (Å²) < 4.78 is 5.43. The van der Waals surface area contributed by atoms with Crippen molar-refractivity contribution in [3.8, 4) is 0 Å². The van der Waals surface area contributed by atoms with Crippen LogP contribution in [-0.4, -0.2) is 40.6 Å². The molecule has 1 atom stereocenters. The Hall–Kier alpha value is -2.63. The average molecular weight is 355 g/mol. The molecule has 1 aliphatic heterocycles. The number of pyridine rings is 1. The Balaban J connectivity index is 1.68. The van der Waals surface area contributed by atoms with E-state index in [1.807, 2.05) is 51.1 Å². The molecule has 2 heterocycles. The molecule has 0 saturated carbocycles. The molecule has 2 aromatic rings. The molecular formula is C20H25N3O3. The topological polar surface area (TPSA) is 71.5 Å². The Morgan fingerprint density at radius 2 is 2.00 bits per heavy atom. The molecule has 1 N–H and O–H groups in total. The van der Waals surface area contributed by atoms with Crippen molar-refractivity contribution >= 4 is 28.6 Å². The van der Waals surface area contributed by atoms with Gasteiger partial charge in [-0.3, -0.25) is 9.78 Å². The summed E-state index contributed by atoms with van der Waals surface area (Å²) in [5.74, 6) is -0.341. The lowest BCUT2D eigenvalue weighted by Crippen LogP contribution is -2.45. The summed E-state index contributed by atoms with van der Waals surface area (Å²) in [6.07, 6.45) is 2.89. The maximum atomic E-state index is 12.7. The van der Waals surface area contributed by atoms with Gasteiger partial charge in [-0.2, -0.15) is 0 Å². The number of fused-ring (bicyclic) bond motifs is 1. The molecule has 2 amide bonds. The fourth-order valence-electron chi connectivity index (χ4n) is 3.12. The van der Waals surface area contributed by atoms with Gasteiger partial charge in [-0.25, -0.2) is 4.79 Å². The van der Waals surface area contributed by atoms with Crippen LogP contribution in [0.5, 0.6) is 0 Å². The monoisotopic (exact) mass is 355 g/mol. The van der Waals surface area contributed by atoms with E-state index in [9.17, 15) is 9.59 Å². The van der Waals surface area contributed by atoms with Crippen molar-refractivity contribution in [3.05, 3.63) is 36.5 Å². The number of carbonyl (C=O) groups excluding carboxylic acids is 2. The molecule has 1 aromatic carbocycles. The summed E-state index contributed by atoms with van der Waals surface area (Å²) in [4.78, 5) is 31.0. The van der Waals surface area contributed by atoms with Gasteiger partial charge in [-0.05, 0) is 45.7 Å². The minimum atomic E-state index is -0.541. The number of hydrogen-bond acceptors (Lipinski definition) is 4. The Kier molecular flexibility index (Phi) is 5.11. The van der Waals surface area contributed by atoms with Crippen LogP contribution in [0.1, 0.15) is 33.6 Å². The predicted octanol–water partition coefficient (Wildman–Crippen LogP) is 3.82. The van der Waals surface area contributed by atoms with Crippen molar-refractivity contribution in [1.82, 2.24) is 9.88 Å². The van der Waals surface area contributed by atoms with Gasteiger partial charge in [0.15, 0.2) is 0 Å². The molecule has 0 spiro atoms. The number of piperidine rings is 1. The second kappa shape index (κ2) is 7.32. The zero-order chi connectivity index (χ0) is 18.7. The summed E-state index contributed by atoms with van der Waals surface area (Å²) in [6.45, 7) is 6.51. The van der Waals surface area contributed by atoms with Crippen LogP contribution in [0.25, 0.3) is 10.9 Å². The van der Waals surface area contributed by atoms with Gasteiger partial charge < -0.3 is 15.0 Å². The standard InChI is InChI=1S/C20H25N3O3/c1-20(2,3)26-19(25)23-12-6-9-15(13-23)18(24)22-16-10-4-7-14-8-5-11-21-17(14)16/h4-5,7-8,10-11,15H,6,9,12-13H2,1-3H3,(H,22,24)/t15-/m1/s1. The Labute approximate surface area is 153 Å². The molecule has 6 heteroatoms. The lowest BCUT2D eigenvalue weighted by Gasteiger charge is -2.33. The zero-order valence-corrected chi connectivity index (χ0v) is 15.5. The van der Waals surface area contributed by atoms with E-state index in [1.165, 1.54) is 0 Å². The number of likely N-dealkylation sites (tertiary alicyclic amines) is 1. The minimum Gasteiger partial charge on any atom is -0.444 e. The first kappa shape index (κ1) is 18.2. The van der Waals surface area contributed by atoms with Crippen molar-refractivity contribution < 1.29 is 14.3 Å². The van der Waals surface area contributed by atoms with Gasteiger partial charge in [-0.1, -0.05) is 18.2 Å². The Morgan fingerprint density at radius 3 is 2.77 bits per heavy atom. The largest absolute Gasteiger partial charge is 0.444 e. The van der Waals surface area contributed by atoms with Crippen molar-refractivity contribution in [2.75, 3.05) is 18.4 Å². The van der Waals surface area contributed by atoms with Crippen molar-refractivity contribution in [1.29, 1.82) is 0 Å². The summed E-state index contributed by atoms with van der Waals surface area (Å²) in [6, 6.07) is 9.54. The molecule has 1 fully saturated rings. The van der Waals surface area contributed by atoms with E-state index in [4.69, 9.17) is 4.74 Å². The van der Waals surface area contributed by atoms with Gasteiger partial charge >= 0.3 is 6.09 Å². The minimum absolute atomic E-state index is 0.0867. The molecule has 1 aliphatic rings. The number of rotatable bonds is 2. The van der Waals surface area contributed by atoms with E-state index < -0.39 is 5.60 Å². The molecule has 1 aromatic heterocycles. The molecule has 26 heavy (non-hydrogen) atoms. The molecular weight excluding hydrogens is 330 g/mol. The first-order valence-electron chi connectivity index (χ1n) is 8.96. The van der Waals surface area contributed by atoms with Crippen LogP contribution in [-0.2, 0) is 9.53 Å². The third kappa shape index (κ3) is 4.31. The zero-order valence-electron chi connectivity index (χ0n) is 15.5. The highest BCUT2D eigenvalue weighted by atomic mass is 16.6. The van der Waals surface area contributed by atoms with E-state index >= 15 is 0 Å². The van der Waals surface area contributed by atoms with Crippen LogP contribution >= 0.6 is 0 Å². The molecule has 0 bridgehead atoms. The van der Waals surface area contributed by atoms with Crippen LogP contribution in [0.3, 0.4) is 0 Å². The fraction of sp³-hybridized carbons (Fsp3) is 0.450. The van der Waals surface area contributed by atoms with Crippen LogP contribution in [0.15, 0.2) is 36.5 Å². The number of anilines is 1. The van der Waals surface area contributed by atoms with Gasteiger partial charge in [-0.15, -0.1) is 0 Å². The molecule has 0 aliphatic carbocycles. The highest BCUT2D eigenvalue weighted by molar-refractivity contribution is 6.01. The molecule has 1 saturated heterocycles. The van der Waals surface area contributed by atoms with Gasteiger partial charge in [0.25, 0.3) is 0 Å². The number of nitrogens with one attached hydrogen (secondary N) is 1. The van der Waals surface area contributed by atoms with Crippen molar-refractivity contribution in [3.63, 3.8) is 0 Å². The molecule has 0 radical (unpaired) electrons. The van der Waals surface area contributed by atoms with Gasteiger partial charge in [0.2, 0.25) is 5.91 Å². The molecule has 6 nitrogen and oxygen atoms in total. The number of para-hydroxylation sites is 1. The maximum absolute atomic E-state index is 12.7. The van der Waals surface area contributed by atoms with Gasteiger partial charge in [0, 0.05) is 24.7 Å². The van der Waals surface area contributed by atoms with E-state index in [0.717, 1.165) is 23.7 Å². The molecule has 138 valence electrons. The smallest absolute Gasteiger partial charge is 0.410 e. The average Bonchev–Trinajstić information content (AvgIpc) is 2.61. The number of aromatic nitrogens is 1. The van der Waals surface area contributed by atoms with Crippen LogP contribution in [0, 0.1) is 5.92 Å². The normalized spacial score (nSPS) is 17.8. The number of benzene rings is 1. The predicted molar refractivity (Wildman–Crippen MR) is 101 cm³/mol. The molecule has 3 rings (SSSR count). The number of ether oxygens (including phenoxy) is 1. The van der Waals surface area contributed by atoms with E-state index in [1.54, 1.807) is 11.1 Å². The number of hydrogen-bond donors (Lipinski definition) is 1. The van der Waals surface area contributed by atoms with Gasteiger partial charge in [0.05, 0.1) is 17.1 Å². The Morgan fingerprint density at radius 1 is 1.23 bits per heavy atom. The highest BCUT2D eigenvalue weighted by Crippen LogP contribution is 2.24. The third-order valence-electron chi connectivity index (χ3n) is 4.33. The Bertz CT molecular complexity index is 808. The number of amides is 2. The van der Waals surface area contributed by atoms with Crippen LogP contribution in [0.4, 0.5) is 10.5 Å². The fourth-order valence-corrected chi connectivity index (χ4v) is 3.12. The maximum Gasteiger partial charge on any atom is 0.410 e. The van der Waals surface area contributed by atoms with Crippen LogP contribution in [0.2, 0.25) is 0 Å². The summed E-state index contributed by atoms with van der Waals surface area (Å²) in [5.41, 5.74) is 0.923. The SMILES string of the molecule is CC(C)(C)OC(=O)N1CCC[C@@H](C(=O)Nc2cccc3cccnc23)C1. The summed E-state index contributed by atoms with van der Waals surface area (Å²) in [5, 5.41) is 3.96. The number of carbonyl (C=O) groups is 2. The van der Waals surface area contributed by atoms with Crippen LogP contribution < -0.4 is 5.32 Å². The number of nitrogens with zero attached hydrogens (tertiary/aromatic N) is 2. The quantitative estimate of drug-likeness (QED) is 0.889. The summed E-state index contributed by atoms with van der Waals surface area (Å²) >= 11 is 0. The highest BCUT2D eigenvalue weighted by Gasteiger charge is 2.31. The second-order valence-corrected chi connectivity index (χ2v) is 7.64. The van der Waals surface area contributed by atoms with E-state index in [2.05, 4.69) is 10.3 Å². The molecule has 0 unspecified atom stereocenters. The first-order valence-corrected chi connectivity index (χ1v) is 8.96. The van der Waals surface area contributed by atoms with Gasteiger partial charge in [0.1, 0.15) is 5.60 Å². The van der Waals surface area contributed by atoms with Crippen molar-refractivity contribution in [2.45, 2.75) is 39.2 Å². The lowest BCUT2D eigenvalue weighted by atomic mass is 9.97. The van der Waals surface area contributed by atoms with Crippen molar-refractivity contribution in [2.24, 2.45) is 5.92 Å².